The Hall–Kier alpha value is -2.66. The highest BCUT2D eigenvalue weighted by Gasteiger charge is 2.15. The zero-order valence-electron chi connectivity index (χ0n) is 17.6. The molecule has 0 amide bonds. The molecular formula is C24H31NO4. The van der Waals surface area contributed by atoms with Crippen molar-refractivity contribution in [3.63, 3.8) is 0 Å². The molecule has 5 heteroatoms. The molecule has 1 unspecified atom stereocenters. The van der Waals surface area contributed by atoms with Gasteiger partial charge in [0.25, 0.3) is 0 Å². The van der Waals surface area contributed by atoms with Gasteiger partial charge in [-0.15, -0.1) is 0 Å². The molecule has 0 fully saturated rings. The van der Waals surface area contributed by atoms with Gasteiger partial charge in [0, 0.05) is 30.5 Å². The fourth-order valence-electron chi connectivity index (χ4n) is 2.94. The summed E-state index contributed by atoms with van der Waals surface area (Å²) in [4.78, 5) is 15.6. The summed E-state index contributed by atoms with van der Waals surface area (Å²) in [6.07, 6.45) is 7.92. The van der Waals surface area contributed by atoms with Crippen molar-refractivity contribution in [1.29, 1.82) is 0 Å². The Morgan fingerprint density at radius 2 is 2.07 bits per heavy atom. The SMILES string of the molecule is CCOC(CCC=Cc1cc(C)ccc1OCCc1ccc(CC)cn1)C(=O)O. The number of allylic oxidation sites excluding steroid dienone is 1. The number of aryl methyl sites for hydroxylation is 2. The molecule has 2 rings (SSSR count). The van der Waals surface area contributed by atoms with Crippen LogP contribution in [0.1, 0.15) is 49.1 Å². The van der Waals surface area contributed by atoms with E-state index in [1.54, 1.807) is 6.92 Å². The molecule has 29 heavy (non-hydrogen) atoms. The third-order valence-corrected chi connectivity index (χ3v) is 4.61. The zero-order chi connectivity index (χ0) is 21.1. The molecule has 1 heterocycles. The highest BCUT2D eigenvalue weighted by molar-refractivity contribution is 5.72. The van der Waals surface area contributed by atoms with Crippen molar-refractivity contribution in [1.82, 2.24) is 4.98 Å². The molecule has 0 aliphatic carbocycles. The van der Waals surface area contributed by atoms with Crippen molar-refractivity contribution >= 4 is 12.0 Å². The average Bonchev–Trinajstić information content (AvgIpc) is 2.72. The molecule has 0 aliphatic rings. The summed E-state index contributed by atoms with van der Waals surface area (Å²) in [5.74, 6) is -0.1000. The normalized spacial score (nSPS) is 12.2. The summed E-state index contributed by atoms with van der Waals surface area (Å²) in [5, 5.41) is 9.15. The lowest BCUT2D eigenvalue weighted by Crippen LogP contribution is -2.23. The van der Waals surface area contributed by atoms with Crippen LogP contribution in [0.25, 0.3) is 6.08 Å². The molecule has 0 aliphatic heterocycles. The minimum absolute atomic E-state index is 0.395. The summed E-state index contributed by atoms with van der Waals surface area (Å²) < 4.78 is 11.2. The Morgan fingerprint density at radius 3 is 2.72 bits per heavy atom. The van der Waals surface area contributed by atoms with Crippen LogP contribution in [-0.4, -0.2) is 35.4 Å². The lowest BCUT2D eigenvalue weighted by Gasteiger charge is -2.11. The standard InChI is InChI=1S/C24H31NO4/c1-4-19-11-12-21(25-17-19)14-15-29-22-13-10-18(3)16-20(22)8-6-7-9-23(24(26)27)28-5-2/h6,8,10-13,16-17,23H,4-5,7,9,14-15H2,1-3H3,(H,26,27). The van der Waals surface area contributed by atoms with E-state index < -0.39 is 12.1 Å². The monoisotopic (exact) mass is 397 g/mol. The predicted octanol–water partition coefficient (Wildman–Crippen LogP) is 4.86. The number of carboxylic acids is 1. The Labute approximate surface area is 173 Å². The van der Waals surface area contributed by atoms with E-state index in [9.17, 15) is 4.79 Å². The van der Waals surface area contributed by atoms with Crippen LogP contribution in [0.15, 0.2) is 42.6 Å². The Bertz CT molecular complexity index is 799. The predicted molar refractivity (Wildman–Crippen MR) is 115 cm³/mol. The molecule has 2 aromatic rings. The minimum Gasteiger partial charge on any atom is -0.493 e. The fraction of sp³-hybridized carbons (Fsp3) is 0.417. The third-order valence-electron chi connectivity index (χ3n) is 4.61. The molecule has 0 bridgehead atoms. The maximum absolute atomic E-state index is 11.1. The second kappa shape index (κ2) is 12.0. The van der Waals surface area contributed by atoms with E-state index in [1.807, 2.05) is 37.4 Å². The maximum atomic E-state index is 11.1. The molecule has 1 N–H and O–H groups in total. The van der Waals surface area contributed by atoms with Crippen LogP contribution in [-0.2, 0) is 22.4 Å². The van der Waals surface area contributed by atoms with Gasteiger partial charge in [-0.3, -0.25) is 4.98 Å². The summed E-state index contributed by atoms with van der Waals surface area (Å²) >= 11 is 0. The van der Waals surface area contributed by atoms with Crippen LogP contribution in [0.3, 0.4) is 0 Å². The first-order valence-corrected chi connectivity index (χ1v) is 10.2. The first-order chi connectivity index (χ1) is 14.0. The number of carboxylic acid groups (broad SMARTS) is 1. The number of carbonyl (C=O) groups is 1. The molecule has 0 spiro atoms. The van der Waals surface area contributed by atoms with Gasteiger partial charge < -0.3 is 14.6 Å². The summed E-state index contributed by atoms with van der Waals surface area (Å²) in [6, 6.07) is 10.2. The van der Waals surface area contributed by atoms with E-state index in [1.165, 1.54) is 5.56 Å². The number of ether oxygens (including phenoxy) is 2. The number of rotatable bonds is 12. The first kappa shape index (κ1) is 22.6. The molecule has 1 atom stereocenters. The number of benzene rings is 1. The topological polar surface area (TPSA) is 68.7 Å². The second-order valence-electron chi connectivity index (χ2n) is 6.91. The van der Waals surface area contributed by atoms with E-state index in [0.717, 1.165) is 35.4 Å². The van der Waals surface area contributed by atoms with Crippen molar-refractivity contribution in [2.45, 2.75) is 52.6 Å². The van der Waals surface area contributed by atoms with Crippen molar-refractivity contribution in [3.8, 4) is 5.75 Å². The van der Waals surface area contributed by atoms with E-state index in [2.05, 4.69) is 30.1 Å². The molecule has 1 aromatic heterocycles. The number of aliphatic carboxylic acids is 1. The maximum Gasteiger partial charge on any atom is 0.332 e. The highest BCUT2D eigenvalue weighted by atomic mass is 16.5. The van der Waals surface area contributed by atoms with Gasteiger partial charge in [-0.05, 0) is 56.9 Å². The molecule has 5 nitrogen and oxygen atoms in total. The van der Waals surface area contributed by atoms with Crippen molar-refractivity contribution in [3.05, 3.63) is 65.0 Å². The zero-order valence-corrected chi connectivity index (χ0v) is 17.6. The van der Waals surface area contributed by atoms with Gasteiger partial charge in [-0.1, -0.05) is 36.8 Å². The minimum atomic E-state index is -0.916. The van der Waals surface area contributed by atoms with Crippen LogP contribution in [0.2, 0.25) is 0 Å². The van der Waals surface area contributed by atoms with Gasteiger partial charge in [0.1, 0.15) is 5.75 Å². The molecule has 0 radical (unpaired) electrons. The smallest absolute Gasteiger partial charge is 0.332 e. The molecule has 1 aromatic carbocycles. The van der Waals surface area contributed by atoms with Crippen LogP contribution in [0.5, 0.6) is 5.75 Å². The Morgan fingerprint density at radius 1 is 1.24 bits per heavy atom. The van der Waals surface area contributed by atoms with Crippen LogP contribution in [0.4, 0.5) is 0 Å². The van der Waals surface area contributed by atoms with Crippen molar-refractivity contribution < 1.29 is 19.4 Å². The Kier molecular flexibility index (Phi) is 9.38. The average molecular weight is 398 g/mol. The third kappa shape index (κ3) is 7.70. The quantitative estimate of drug-likeness (QED) is 0.554. The highest BCUT2D eigenvalue weighted by Crippen LogP contribution is 2.22. The second-order valence-corrected chi connectivity index (χ2v) is 6.91. The van der Waals surface area contributed by atoms with Gasteiger partial charge in [0.2, 0.25) is 0 Å². The van der Waals surface area contributed by atoms with Gasteiger partial charge >= 0.3 is 5.97 Å². The van der Waals surface area contributed by atoms with Crippen LogP contribution < -0.4 is 4.74 Å². The van der Waals surface area contributed by atoms with E-state index >= 15 is 0 Å². The van der Waals surface area contributed by atoms with Crippen molar-refractivity contribution in [2.24, 2.45) is 0 Å². The first-order valence-electron chi connectivity index (χ1n) is 10.2. The number of aromatic nitrogens is 1. The van der Waals surface area contributed by atoms with Crippen molar-refractivity contribution in [2.75, 3.05) is 13.2 Å². The van der Waals surface area contributed by atoms with Gasteiger partial charge in [-0.2, -0.15) is 0 Å². The lowest BCUT2D eigenvalue weighted by molar-refractivity contribution is -0.150. The number of hydrogen-bond donors (Lipinski definition) is 1. The van der Waals surface area contributed by atoms with E-state index in [-0.39, 0.29) is 0 Å². The number of nitrogens with zero attached hydrogens (tertiary/aromatic N) is 1. The van der Waals surface area contributed by atoms with Crippen LogP contribution in [0, 0.1) is 6.92 Å². The lowest BCUT2D eigenvalue weighted by atomic mass is 10.1. The molecule has 156 valence electrons. The Balaban J connectivity index is 1.92. The fourth-order valence-corrected chi connectivity index (χ4v) is 2.94. The number of hydrogen-bond acceptors (Lipinski definition) is 4. The molecular weight excluding hydrogens is 366 g/mol. The summed E-state index contributed by atoms with van der Waals surface area (Å²) in [5.41, 5.74) is 4.38. The molecule has 0 saturated heterocycles. The van der Waals surface area contributed by atoms with Gasteiger partial charge in [0.15, 0.2) is 6.10 Å². The summed E-state index contributed by atoms with van der Waals surface area (Å²) in [6.45, 7) is 6.90. The largest absolute Gasteiger partial charge is 0.493 e. The van der Waals surface area contributed by atoms with E-state index in [4.69, 9.17) is 14.6 Å². The summed E-state index contributed by atoms with van der Waals surface area (Å²) in [7, 11) is 0. The molecule has 0 saturated carbocycles. The number of pyridine rings is 1. The van der Waals surface area contributed by atoms with Gasteiger partial charge in [0.05, 0.1) is 6.61 Å². The van der Waals surface area contributed by atoms with Crippen LogP contribution >= 0.6 is 0 Å². The van der Waals surface area contributed by atoms with E-state index in [0.29, 0.717) is 26.1 Å². The van der Waals surface area contributed by atoms with Gasteiger partial charge in [-0.25, -0.2) is 4.79 Å².